The SMILES string of the molecule is CC(C)c1cccc(-c2cc(-c3ccccc3)cc(-c3cccc(C(C)C)c3)c2)c1. The van der Waals surface area contributed by atoms with Crippen LogP contribution in [0.2, 0.25) is 0 Å². The quantitative estimate of drug-likeness (QED) is 0.319. The number of rotatable bonds is 5. The van der Waals surface area contributed by atoms with E-state index in [-0.39, 0.29) is 0 Å². The molecule has 0 aliphatic rings. The van der Waals surface area contributed by atoms with Crippen LogP contribution in [0.5, 0.6) is 0 Å². The summed E-state index contributed by atoms with van der Waals surface area (Å²) in [6.07, 6.45) is 0. The number of benzene rings is 4. The van der Waals surface area contributed by atoms with Gasteiger partial charge in [0.2, 0.25) is 0 Å². The summed E-state index contributed by atoms with van der Waals surface area (Å²) in [6.45, 7) is 9.01. The average molecular weight is 391 g/mol. The van der Waals surface area contributed by atoms with Gasteiger partial charge in [-0.2, -0.15) is 0 Å². The molecule has 0 aliphatic carbocycles. The van der Waals surface area contributed by atoms with E-state index in [9.17, 15) is 0 Å². The van der Waals surface area contributed by atoms with Gasteiger partial charge in [-0.05, 0) is 74.5 Å². The van der Waals surface area contributed by atoms with Crippen LogP contribution in [0.4, 0.5) is 0 Å². The van der Waals surface area contributed by atoms with Gasteiger partial charge in [0.25, 0.3) is 0 Å². The fraction of sp³-hybridized carbons (Fsp3) is 0.200. The first kappa shape index (κ1) is 20.2. The van der Waals surface area contributed by atoms with Gasteiger partial charge < -0.3 is 0 Å². The maximum atomic E-state index is 2.34. The summed E-state index contributed by atoms with van der Waals surface area (Å²) in [5.41, 5.74) is 10.4. The smallest absolute Gasteiger partial charge is 0.0172 e. The Kier molecular flexibility index (Phi) is 5.86. The van der Waals surface area contributed by atoms with Crippen LogP contribution in [0.15, 0.2) is 97.1 Å². The Morgan fingerprint density at radius 1 is 0.367 bits per heavy atom. The van der Waals surface area contributed by atoms with E-state index in [1.165, 1.54) is 44.5 Å². The first-order chi connectivity index (χ1) is 14.5. The van der Waals surface area contributed by atoms with Crippen LogP contribution in [0.25, 0.3) is 33.4 Å². The topological polar surface area (TPSA) is 0 Å². The molecule has 0 amide bonds. The zero-order chi connectivity index (χ0) is 21.1. The molecule has 150 valence electrons. The van der Waals surface area contributed by atoms with Crippen molar-refractivity contribution in [3.05, 3.63) is 108 Å². The molecule has 4 aromatic rings. The molecule has 0 bridgehead atoms. The highest BCUT2D eigenvalue weighted by Crippen LogP contribution is 2.34. The predicted octanol–water partition coefficient (Wildman–Crippen LogP) is 8.93. The minimum Gasteiger partial charge on any atom is -0.0622 e. The third-order valence-electron chi connectivity index (χ3n) is 5.81. The Hall–Kier alpha value is -3.12. The molecule has 0 heterocycles. The largest absolute Gasteiger partial charge is 0.0622 e. The number of hydrogen-bond donors (Lipinski definition) is 0. The Balaban J connectivity index is 1.90. The third-order valence-corrected chi connectivity index (χ3v) is 5.81. The molecule has 0 N–H and O–H groups in total. The van der Waals surface area contributed by atoms with Gasteiger partial charge in [-0.15, -0.1) is 0 Å². The molecule has 0 unspecified atom stereocenters. The van der Waals surface area contributed by atoms with Crippen molar-refractivity contribution in [1.29, 1.82) is 0 Å². The van der Waals surface area contributed by atoms with Gasteiger partial charge in [-0.3, -0.25) is 0 Å². The van der Waals surface area contributed by atoms with Crippen molar-refractivity contribution in [2.75, 3.05) is 0 Å². The normalized spacial score (nSPS) is 11.3. The van der Waals surface area contributed by atoms with Gasteiger partial charge in [0, 0.05) is 0 Å². The Morgan fingerprint density at radius 2 is 0.767 bits per heavy atom. The van der Waals surface area contributed by atoms with Gasteiger partial charge >= 0.3 is 0 Å². The lowest BCUT2D eigenvalue weighted by Gasteiger charge is -2.14. The predicted molar refractivity (Wildman–Crippen MR) is 131 cm³/mol. The van der Waals surface area contributed by atoms with Gasteiger partial charge in [-0.25, -0.2) is 0 Å². The molecule has 0 aromatic heterocycles. The zero-order valence-electron chi connectivity index (χ0n) is 18.4. The summed E-state index contributed by atoms with van der Waals surface area (Å²) in [5, 5.41) is 0. The second-order valence-corrected chi connectivity index (χ2v) is 8.73. The number of hydrogen-bond acceptors (Lipinski definition) is 0. The maximum Gasteiger partial charge on any atom is -0.0172 e. The standard InChI is InChI=1S/C30H30/c1-21(2)24-12-8-14-26(16-24)29-18-28(23-10-6-5-7-11-23)19-30(20-29)27-15-9-13-25(17-27)22(3)4/h5-22H,1-4H3. The van der Waals surface area contributed by atoms with E-state index in [4.69, 9.17) is 0 Å². The second kappa shape index (κ2) is 8.71. The molecule has 4 aromatic carbocycles. The molecule has 0 aliphatic heterocycles. The fourth-order valence-electron chi connectivity index (χ4n) is 3.91. The molecule has 0 fully saturated rings. The lowest BCUT2D eigenvalue weighted by molar-refractivity contribution is 0.867. The van der Waals surface area contributed by atoms with Gasteiger partial charge in [0.05, 0.1) is 0 Å². The molecular formula is C30H30. The third kappa shape index (κ3) is 4.39. The van der Waals surface area contributed by atoms with Crippen LogP contribution in [-0.4, -0.2) is 0 Å². The Morgan fingerprint density at radius 3 is 1.20 bits per heavy atom. The van der Waals surface area contributed by atoms with E-state index in [0.29, 0.717) is 11.8 Å². The highest BCUT2D eigenvalue weighted by Gasteiger charge is 2.10. The lowest BCUT2D eigenvalue weighted by Crippen LogP contribution is -1.91. The minimum absolute atomic E-state index is 0.518. The Labute approximate surface area is 181 Å². The van der Waals surface area contributed by atoms with Crippen LogP contribution in [0, 0.1) is 0 Å². The summed E-state index contributed by atoms with van der Waals surface area (Å²) in [4.78, 5) is 0. The van der Waals surface area contributed by atoms with Gasteiger partial charge in [0.15, 0.2) is 0 Å². The van der Waals surface area contributed by atoms with Crippen molar-refractivity contribution in [2.45, 2.75) is 39.5 Å². The van der Waals surface area contributed by atoms with Crippen molar-refractivity contribution in [2.24, 2.45) is 0 Å². The summed E-state index contributed by atoms with van der Waals surface area (Å²) < 4.78 is 0. The molecule has 0 heteroatoms. The molecule has 4 rings (SSSR count). The van der Waals surface area contributed by atoms with Crippen LogP contribution >= 0.6 is 0 Å². The highest BCUT2D eigenvalue weighted by atomic mass is 14.1. The van der Waals surface area contributed by atoms with Crippen molar-refractivity contribution in [3.63, 3.8) is 0 Å². The zero-order valence-corrected chi connectivity index (χ0v) is 18.4. The molecule has 0 radical (unpaired) electrons. The summed E-state index contributed by atoms with van der Waals surface area (Å²) >= 11 is 0. The molecule has 30 heavy (non-hydrogen) atoms. The van der Waals surface area contributed by atoms with Gasteiger partial charge in [-0.1, -0.05) is 107 Å². The van der Waals surface area contributed by atoms with Crippen LogP contribution in [0.3, 0.4) is 0 Å². The highest BCUT2D eigenvalue weighted by molar-refractivity contribution is 5.81. The van der Waals surface area contributed by atoms with E-state index in [2.05, 4.69) is 125 Å². The lowest BCUT2D eigenvalue weighted by atomic mass is 9.90. The minimum atomic E-state index is 0.518. The van der Waals surface area contributed by atoms with E-state index < -0.39 is 0 Å². The monoisotopic (exact) mass is 390 g/mol. The second-order valence-electron chi connectivity index (χ2n) is 8.73. The summed E-state index contributed by atoms with van der Waals surface area (Å²) in [7, 11) is 0. The molecule has 0 spiro atoms. The maximum absolute atomic E-state index is 2.34. The average Bonchev–Trinajstić information content (AvgIpc) is 2.79. The first-order valence-electron chi connectivity index (χ1n) is 10.9. The van der Waals surface area contributed by atoms with Crippen LogP contribution in [-0.2, 0) is 0 Å². The van der Waals surface area contributed by atoms with Crippen molar-refractivity contribution in [3.8, 4) is 33.4 Å². The molecule has 0 nitrogen and oxygen atoms in total. The van der Waals surface area contributed by atoms with E-state index in [1.54, 1.807) is 0 Å². The van der Waals surface area contributed by atoms with E-state index >= 15 is 0 Å². The first-order valence-corrected chi connectivity index (χ1v) is 10.9. The Bertz CT molecular complexity index is 1060. The van der Waals surface area contributed by atoms with E-state index in [0.717, 1.165) is 0 Å². The molecule has 0 saturated heterocycles. The molecular weight excluding hydrogens is 360 g/mol. The van der Waals surface area contributed by atoms with Crippen LogP contribution < -0.4 is 0 Å². The summed E-state index contributed by atoms with van der Waals surface area (Å²) in [5.74, 6) is 1.04. The molecule has 0 saturated carbocycles. The van der Waals surface area contributed by atoms with Crippen LogP contribution in [0.1, 0.15) is 50.7 Å². The van der Waals surface area contributed by atoms with Gasteiger partial charge in [0.1, 0.15) is 0 Å². The fourth-order valence-corrected chi connectivity index (χ4v) is 3.91. The van der Waals surface area contributed by atoms with Crippen molar-refractivity contribution in [1.82, 2.24) is 0 Å². The van der Waals surface area contributed by atoms with E-state index in [1.807, 2.05) is 0 Å². The van der Waals surface area contributed by atoms with Crippen molar-refractivity contribution >= 4 is 0 Å². The molecule has 0 atom stereocenters. The van der Waals surface area contributed by atoms with Crippen molar-refractivity contribution < 1.29 is 0 Å². The summed E-state index contributed by atoms with van der Waals surface area (Å²) in [6, 6.07) is 35.6.